The molecule has 1 aromatic carbocycles. The van der Waals surface area contributed by atoms with Crippen LogP contribution in [0.4, 0.5) is 4.39 Å². The Kier molecular flexibility index (Phi) is 4.77. The van der Waals surface area contributed by atoms with Gasteiger partial charge in [-0.1, -0.05) is 33.8 Å². The third-order valence-corrected chi connectivity index (χ3v) is 4.69. The Balaban J connectivity index is 1.88. The van der Waals surface area contributed by atoms with Crippen molar-refractivity contribution in [3.05, 3.63) is 35.1 Å². The van der Waals surface area contributed by atoms with Gasteiger partial charge in [-0.05, 0) is 73.2 Å². The van der Waals surface area contributed by atoms with Crippen LogP contribution in [-0.4, -0.2) is 12.6 Å². The van der Waals surface area contributed by atoms with Crippen molar-refractivity contribution in [2.75, 3.05) is 6.54 Å². The summed E-state index contributed by atoms with van der Waals surface area (Å²) < 4.78 is 13.1. The van der Waals surface area contributed by atoms with Crippen molar-refractivity contribution >= 4 is 0 Å². The first-order valence-electron chi connectivity index (χ1n) is 8.15. The zero-order valence-corrected chi connectivity index (χ0v) is 14.2. The first kappa shape index (κ1) is 16.5. The molecule has 21 heavy (non-hydrogen) atoms. The van der Waals surface area contributed by atoms with Crippen molar-refractivity contribution in [1.82, 2.24) is 5.32 Å². The van der Waals surface area contributed by atoms with Crippen molar-refractivity contribution in [2.24, 2.45) is 10.8 Å². The van der Waals surface area contributed by atoms with Crippen LogP contribution in [0.25, 0.3) is 0 Å². The molecule has 118 valence electrons. The van der Waals surface area contributed by atoms with Crippen LogP contribution in [0.2, 0.25) is 0 Å². The highest BCUT2D eigenvalue weighted by molar-refractivity contribution is 5.26. The van der Waals surface area contributed by atoms with Crippen LogP contribution >= 0.6 is 0 Å². The summed E-state index contributed by atoms with van der Waals surface area (Å²) >= 11 is 0. The van der Waals surface area contributed by atoms with Crippen molar-refractivity contribution in [1.29, 1.82) is 0 Å². The molecule has 2 heteroatoms. The van der Waals surface area contributed by atoms with Crippen molar-refractivity contribution in [3.63, 3.8) is 0 Å². The van der Waals surface area contributed by atoms with Gasteiger partial charge in [0, 0.05) is 6.04 Å². The first-order chi connectivity index (χ1) is 9.67. The summed E-state index contributed by atoms with van der Waals surface area (Å²) in [5, 5.41) is 3.73. The molecule has 0 saturated heterocycles. The maximum Gasteiger partial charge on any atom is 0.123 e. The van der Waals surface area contributed by atoms with Crippen LogP contribution in [-0.2, 0) is 6.42 Å². The van der Waals surface area contributed by atoms with Gasteiger partial charge in [-0.2, -0.15) is 0 Å². The third-order valence-electron chi connectivity index (χ3n) is 4.69. The molecule has 0 atom stereocenters. The molecule has 1 aliphatic rings. The van der Waals surface area contributed by atoms with Crippen LogP contribution in [0.5, 0.6) is 0 Å². The molecule has 0 aliphatic heterocycles. The molecule has 0 bridgehead atoms. The SMILES string of the molecule is Cc1cc(F)ccc1CCNC1CC(C)(C)CC(C)(C)C1. The lowest BCUT2D eigenvalue weighted by Crippen LogP contribution is -2.44. The van der Waals surface area contributed by atoms with Gasteiger partial charge >= 0.3 is 0 Å². The number of halogens is 1. The van der Waals surface area contributed by atoms with E-state index >= 15 is 0 Å². The minimum absolute atomic E-state index is 0.139. The molecule has 0 heterocycles. The number of benzene rings is 1. The Hall–Kier alpha value is -0.890. The van der Waals surface area contributed by atoms with Gasteiger partial charge in [-0.25, -0.2) is 4.39 Å². The van der Waals surface area contributed by atoms with Crippen molar-refractivity contribution < 1.29 is 4.39 Å². The van der Waals surface area contributed by atoms with E-state index in [-0.39, 0.29) is 5.82 Å². The van der Waals surface area contributed by atoms with Gasteiger partial charge in [-0.15, -0.1) is 0 Å². The first-order valence-corrected chi connectivity index (χ1v) is 8.15. The van der Waals surface area contributed by atoms with E-state index in [0.717, 1.165) is 18.5 Å². The Morgan fingerprint density at radius 1 is 1.14 bits per heavy atom. The van der Waals surface area contributed by atoms with Gasteiger partial charge < -0.3 is 5.32 Å². The number of hydrogen-bond donors (Lipinski definition) is 1. The van der Waals surface area contributed by atoms with E-state index in [2.05, 4.69) is 33.0 Å². The summed E-state index contributed by atoms with van der Waals surface area (Å²) in [6.45, 7) is 12.5. The molecule has 0 aromatic heterocycles. The summed E-state index contributed by atoms with van der Waals surface area (Å²) in [7, 11) is 0. The molecular formula is C19H30FN. The molecule has 1 nitrogen and oxygen atoms in total. The van der Waals surface area contributed by atoms with Gasteiger partial charge in [-0.3, -0.25) is 0 Å². The predicted molar refractivity (Wildman–Crippen MR) is 88.0 cm³/mol. The largest absolute Gasteiger partial charge is 0.314 e. The lowest BCUT2D eigenvalue weighted by Gasteiger charge is -2.45. The fourth-order valence-corrected chi connectivity index (χ4v) is 4.34. The summed E-state index contributed by atoms with van der Waals surface area (Å²) in [5.41, 5.74) is 3.15. The normalized spacial score (nSPS) is 21.4. The predicted octanol–water partition coefficient (Wildman–Crippen LogP) is 4.87. The van der Waals surface area contributed by atoms with Gasteiger partial charge in [0.2, 0.25) is 0 Å². The maximum atomic E-state index is 13.1. The molecule has 1 aromatic rings. The van der Waals surface area contributed by atoms with Crippen LogP contribution in [0.1, 0.15) is 58.1 Å². The zero-order chi connectivity index (χ0) is 15.7. The van der Waals surface area contributed by atoms with Gasteiger partial charge in [0.25, 0.3) is 0 Å². The van der Waals surface area contributed by atoms with Gasteiger partial charge in [0.15, 0.2) is 0 Å². The van der Waals surface area contributed by atoms with Crippen molar-refractivity contribution in [3.8, 4) is 0 Å². The Bertz CT molecular complexity index is 474. The molecule has 1 saturated carbocycles. The number of aryl methyl sites for hydroxylation is 1. The Morgan fingerprint density at radius 3 is 2.33 bits per heavy atom. The Morgan fingerprint density at radius 2 is 1.76 bits per heavy atom. The summed E-state index contributed by atoms with van der Waals surface area (Å²) in [6.07, 6.45) is 4.77. The molecular weight excluding hydrogens is 261 g/mol. The molecule has 1 N–H and O–H groups in total. The van der Waals surface area contributed by atoms with Gasteiger partial charge in [0.1, 0.15) is 5.82 Å². The van der Waals surface area contributed by atoms with E-state index in [1.807, 2.05) is 13.0 Å². The monoisotopic (exact) mass is 291 g/mol. The lowest BCUT2D eigenvalue weighted by atomic mass is 9.63. The summed E-state index contributed by atoms with van der Waals surface area (Å²) in [4.78, 5) is 0. The van der Waals surface area contributed by atoms with Crippen LogP contribution in [0.3, 0.4) is 0 Å². The topological polar surface area (TPSA) is 12.0 Å². The van der Waals surface area contributed by atoms with E-state index in [1.54, 1.807) is 12.1 Å². The number of hydrogen-bond acceptors (Lipinski definition) is 1. The fourth-order valence-electron chi connectivity index (χ4n) is 4.34. The van der Waals surface area contributed by atoms with E-state index in [4.69, 9.17) is 0 Å². The van der Waals surface area contributed by atoms with E-state index in [1.165, 1.54) is 24.8 Å². The second-order valence-corrected chi connectivity index (χ2v) is 8.39. The van der Waals surface area contributed by atoms with Crippen LogP contribution < -0.4 is 5.32 Å². The van der Waals surface area contributed by atoms with E-state index < -0.39 is 0 Å². The van der Waals surface area contributed by atoms with E-state index in [0.29, 0.717) is 16.9 Å². The number of rotatable bonds is 4. The van der Waals surface area contributed by atoms with E-state index in [9.17, 15) is 4.39 Å². The molecule has 0 amide bonds. The van der Waals surface area contributed by atoms with Gasteiger partial charge in [0.05, 0.1) is 0 Å². The molecule has 2 rings (SSSR count). The third kappa shape index (κ3) is 4.81. The fraction of sp³-hybridized carbons (Fsp3) is 0.684. The molecule has 1 fully saturated rings. The Labute approximate surface area is 129 Å². The van der Waals surface area contributed by atoms with Crippen LogP contribution in [0.15, 0.2) is 18.2 Å². The smallest absolute Gasteiger partial charge is 0.123 e. The summed E-state index contributed by atoms with van der Waals surface area (Å²) in [6, 6.07) is 5.71. The minimum atomic E-state index is -0.139. The highest BCUT2D eigenvalue weighted by Crippen LogP contribution is 2.45. The maximum absolute atomic E-state index is 13.1. The minimum Gasteiger partial charge on any atom is -0.314 e. The average Bonchev–Trinajstić information content (AvgIpc) is 2.28. The summed E-state index contributed by atoms with van der Waals surface area (Å²) in [5.74, 6) is -0.139. The molecule has 1 aliphatic carbocycles. The van der Waals surface area contributed by atoms with Crippen molar-refractivity contribution in [2.45, 2.75) is 66.3 Å². The quantitative estimate of drug-likeness (QED) is 0.834. The lowest BCUT2D eigenvalue weighted by molar-refractivity contribution is 0.0854. The highest BCUT2D eigenvalue weighted by atomic mass is 19.1. The standard InChI is InChI=1S/C19H30FN/c1-14-10-16(20)7-6-15(14)8-9-21-17-11-18(2,3)13-19(4,5)12-17/h6-7,10,17,21H,8-9,11-13H2,1-5H3. The molecule has 0 unspecified atom stereocenters. The number of nitrogens with one attached hydrogen (secondary N) is 1. The average molecular weight is 291 g/mol. The molecule has 0 radical (unpaired) electrons. The highest BCUT2D eigenvalue weighted by Gasteiger charge is 2.37. The second kappa shape index (κ2) is 6.08. The molecule has 0 spiro atoms. The second-order valence-electron chi connectivity index (χ2n) is 8.39. The van der Waals surface area contributed by atoms with Crippen LogP contribution in [0, 0.1) is 23.6 Å². The zero-order valence-electron chi connectivity index (χ0n) is 14.2.